The molecule has 0 bridgehead atoms. The second-order valence-corrected chi connectivity index (χ2v) is 3.60. The molecule has 2 heterocycles. The molecule has 0 radical (unpaired) electrons. The maximum Gasteiger partial charge on any atom is 0.238 e. The fourth-order valence-corrected chi connectivity index (χ4v) is 1.37. The standard InChI is InChI=1S/C10H15N5O/c1-3-11-6-7(2)10-14-9(15-16-10)8-12-4-5-13-8/h4-5,7,11H,3,6H2,1-2H3,(H,12,13). The first-order chi connectivity index (χ1) is 7.81. The van der Waals surface area contributed by atoms with Gasteiger partial charge < -0.3 is 14.8 Å². The topological polar surface area (TPSA) is 79.6 Å². The van der Waals surface area contributed by atoms with Crippen molar-refractivity contribution >= 4 is 0 Å². The third-order valence-corrected chi connectivity index (χ3v) is 2.27. The zero-order valence-electron chi connectivity index (χ0n) is 9.40. The summed E-state index contributed by atoms with van der Waals surface area (Å²) >= 11 is 0. The van der Waals surface area contributed by atoms with Crippen LogP contribution in [0.3, 0.4) is 0 Å². The summed E-state index contributed by atoms with van der Waals surface area (Å²) in [6.07, 6.45) is 3.39. The molecule has 0 spiro atoms. The van der Waals surface area contributed by atoms with Gasteiger partial charge in [-0.25, -0.2) is 4.98 Å². The van der Waals surface area contributed by atoms with Gasteiger partial charge in [0, 0.05) is 24.9 Å². The molecule has 0 aliphatic rings. The highest BCUT2D eigenvalue weighted by Crippen LogP contribution is 2.15. The van der Waals surface area contributed by atoms with Crippen molar-refractivity contribution in [2.45, 2.75) is 19.8 Å². The zero-order chi connectivity index (χ0) is 11.4. The Kier molecular flexibility index (Phi) is 3.31. The number of hydrogen-bond acceptors (Lipinski definition) is 5. The first kappa shape index (κ1) is 10.8. The van der Waals surface area contributed by atoms with Crippen molar-refractivity contribution in [3.63, 3.8) is 0 Å². The summed E-state index contributed by atoms with van der Waals surface area (Å²) < 4.78 is 5.19. The lowest BCUT2D eigenvalue weighted by molar-refractivity contribution is 0.355. The van der Waals surface area contributed by atoms with E-state index in [2.05, 4.69) is 32.3 Å². The SMILES string of the molecule is CCNCC(C)c1nc(-c2ncc[nH]2)no1. The van der Waals surface area contributed by atoms with Crippen molar-refractivity contribution < 1.29 is 4.52 Å². The van der Waals surface area contributed by atoms with Crippen molar-refractivity contribution in [1.29, 1.82) is 0 Å². The summed E-state index contributed by atoms with van der Waals surface area (Å²) in [5.74, 6) is 1.97. The molecule has 6 nitrogen and oxygen atoms in total. The third kappa shape index (κ3) is 2.27. The zero-order valence-corrected chi connectivity index (χ0v) is 9.40. The van der Waals surface area contributed by atoms with Crippen LogP contribution in [0.2, 0.25) is 0 Å². The predicted molar refractivity (Wildman–Crippen MR) is 58.8 cm³/mol. The number of likely N-dealkylation sites (N-methyl/N-ethyl adjacent to an activating group) is 1. The lowest BCUT2D eigenvalue weighted by atomic mass is 10.2. The van der Waals surface area contributed by atoms with Gasteiger partial charge in [-0.05, 0) is 6.54 Å². The van der Waals surface area contributed by atoms with Crippen molar-refractivity contribution in [2.24, 2.45) is 0 Å². The molecule has 16 heavy (non-hydrogen) atoms. The summed E-state index contributed by atoms with van der Waals surface area (Å²) in [7, 11) is 0. The van der Waals surface area contributed by atoms with Crippen molar-refractivity contribution in [3.8, 4) is 11.6 Å². The Morgan fingerprint density at radius 1 is 1.56 bits per heavy atom. The van der Waals surface area contributed by atoms with Crippen LogP contribution >= 0.6 is 0 Å². The highest BCUT2D eigenvalue weighted by Gasteiger charge is 2.15. The van der Waals surface area contributed by atoms with Crippen LogP contribution in [0.5, 0.6) is 0 Å². The molecular formula is C10H15N5O. The van der Waals surface area contributed by atoms with Crippen LogP contribution in [0.15, 0.2) is 16.9 Å². The van der Waals surface area contributed by atoms with Crippen molar-refractivity contribution in [3.05, 3.63) is 18.3 Å². The van der Waals surface area contributed by atoms with Crippen LogP contribution in [-0.4, -0.2) is 33.2 Å². The number of H-pyrrole nitrogens is 1. The lowest BCUT2D eigenvalue weighted by Gasteiger charge is -2.05. The van der Waals surface area contributed by atoms with Gasteiger partial charge in [-0.15, -0.1) is 0 Å². The Morgan fingerprint density at radius 2 is 2.44 bits per heavy atom. The van der Waals surface area contributed by atoms with Gasteiger partial charge in [0.2, 0.25) is 11.7 Å². The van der Waals surface area contributed by atoms with E-state index >= 15 is 0 Å². The number of nitrogens with one attached hydrogen (secondary N) is 2. The molecule has 0 amide bonds. The van der Waals surface area contributed by atoms with Gasteiger partial charge in [-0.2, -0.15) is 4.98 Å². The second kappa shape index (κ2) is 4.89. The molecule has 0 fully saturated rings. The predicted octanol–water partition coefficient (Wildman–Crippen LogP) is 1.17. The largest absolute Gasteiger partial charge is 0.342 e. The van der Waals surface area contributed by atoms with Gasteiger partial charge >= 0.3 is 0 Å². The number of hydrogen-bond donors (Lipinski definition) is 2. The Bertz CT molecular complexity index is 422. The van der Waals surface area contributed by atoms with Crippen LogP contribution in [0.1, 0.15) is 25.7 Å². The molecule has 0 aliphatic carbocycles. The smallest absolute Gasteiger partial charge is 0.238 e. The summed E-state index contributed by atoms with van der Waals surface area (Å²) in [5, 5.41) is 7.12. The Balaban J connectivity index is 2.07. The van der Waals surface area contributed by atoms with Crippen molar-refractivity contribution in [1.82, 2.24) is 25.4 Å². The van der Waals surface area contributed by atoms with Crippen LogP contribution < -0.4 is 5.32 Å². The third-order valence-electron chi connectivity index (χ3n) is 2.27. The Labute approximate surface area is 93.5 Å². The molecule has 1 unspecified atom stereocenters. The van der Waals surface area contributed by atoms with Gasteiger partial charge in [-0.3, -0.25) is 0 Å². The maximum atomic E-state index is 5.19. The van der Waals surface area contributed by atoms with E-state index in [0.29, 0.717) is 17.5 Å². The van der Waals surface area contributed by atoms with Gasteiger partial charge in [0.05, 0.1) is 0 Å². The van der Waals surface area contributed by atoms with Crippen LogP contribution in [0.25, 0.3) is 11.6 Å². The van der Waals surface area contributed by atoms with Gasteiger partial charge in [0.15, 0.2) is 5.82 Å². The molecule has 0 saturated carbocycles. The fraction of sp³-hybridized carbons (Fsp3) is 0.500. The van der Waals surface area contributed by atoms with E-state index in [-0.39, 0.29) is 5.92 Å². The van der Waals surface area contributed by atoms with Crippen molar-refractivity contribution in [2.75, 3.05) is 13.1 Å². The monoisotopic (exact) mass is 221 g/mol. The average molecular weight is 221 g/mol. The van der Waals surface area contributed by atoms with Crippen LogP contribution in [-0.2, 0) is 0 Å². The van der Waals surface area contributed by atoms with Crippen LogP contribution in [0.4, 0.5) is 0 Å². The lowest BCUT2D eigenvalue weighted by Crippen LogP contribution is -2.19. The minimum Gasteiger partial charge on any atom is -0.342 e. The normalized spacial score (nSPS) is 12.9. The van der Waals surface area contributed by atoms with E-state index in [1.54, 1.807) is 12.4 Å². The maximum absolute atomic E-state index is 5.19. The molecule has 0 saturated heterocycles. The van der Waals surface area contributed by atoms with E-state index in [4.69, 9.17) is 4.52 Å². The summed E-state index contributed by atoms with van der Waals surface area (Å²) in [4.78, 5) is 11.3. The fourth-order valence-electron chi connectivity index (χ4n) is 1.37. The average Bonchev–Trinajstić information content (AvgIpc) is 2.94. The number of rotatable bonds is 5. The number of aromatic amines is 1. The minimum atomic E-state index is 0.205. The highest BCUT2D eigenvalue weighted by atomic mass is 16.5. The van der Waals surface area contributed by atoms with E-state index in [1.807, 2.05) is 6.92 Å². The van der Waals surface area contributed by atoms with Gasteiger partial charge in [0.1, 0.15) is 0 Å². The Morgan fingerprint density at radius 3 is 3.12 bits per heavy atom. The summed E-state index contributed by atoms with van der Waals surface area (Å²) in [6.45, 7) is 5.87. The van der Waals surface area contributed by atoms with Crippen LogP contribution in [0, 0.1) is 0 Å². The van der Waals surface area contributed by atoms with Gasteiger partial charge in [0.25, 0.3) is 0 Å². The minimum absolute atomic E-state index is 0.205. The second-order valence-electron chi connectivity index (χ2n) is 3.60. The van der Waals surface area contributed by atoms with E-state index < -0.39 is 0 Å². The molecule has 6 heteroatoms. The molecule has 2 aromatic rings. The Hall–Kier alpha value is -1.69. The molecule has 2 aromatic heterocycles. The highest BCUT2D eigenvalue weighted by molar-refractivity contribution is 5.40. The molecule has 2 N–H and O–H groups in total. The summed E-state index contributed by atoms with van der Waals surface area (Å²) in [5.41, 5.74) is 0. The molecule has 2 rings (SSSR count). The van der Waals surface area contributed by atoms with Gasteiger partial charge in [-0.1, -0.05) is 19.0 Å². The molecule has 86 valence electrons. The first-order valence-corrected chi connectivity index (χ1v) is 5.35. The molecular weight excluding hydrogens is 206 g/mol. The van der Waals surface area contributed by atoms with E-state index in [1.165, 1.54) is 0 Å². The van der Waals surface area contributed by atoms with E-state index in [0.717, 1.165) is 13.1 Å². The van der Waals surface area contributed by atoms with E-state index in [9.17, 15) is 0 Å². The number of aromatic nitrogens is 4. The molecule has 0 aromatic carbocycles. The number of imidazole rings is 1. The number of nitrogens with zero attached hydrogens (tertiary/aromatic N) is 3. The quantitative estimate of drug-likeness (QED) is 0.792. The summed E-state index contributed by atoms with van der Waals surface area (Å²) in [6, 6.07) is 0. The molecule has 0 aliphatic heterocycles. The first-order valence-electron chi connectivity index (χ1n) is 5.35. The molecule has 1 atom stereocenters.